The number of ether oxygens (including phenoxy) is 2. The molecular formula is C22H44O2. The minimum Gasteiger partial charge on any atom is -0.348 e. The molecule has 1 heterocycles. The van der Waals surface area contributed by atoms with Crippen molar-refractivity contribution in [2.24, 2.45) is 0 Å². The van der Waals surface area contributed by atoms with E-state index in [0.717, 1.165) is 26.1 Å². The van der Waals surface area contributed by atoms with Crippen LogP contribution in [0.2, 0.25) is 0 Å². The van der Waals surface area contributed by atoms with Crippen molar-refractivity contribution in [3.63, 3.8) is 0 Å². The first-order chi connectivity index (χ1) is 11.8. The Morgan fingerprint density at radius 3 is 1.21 bits per heavy atom. The predicted octanol–water partition coefficient (Wildman–Crippen LogP) is 7.40. The van der Waals surface area contributed by atoms with E-state index in [9.17, 15) is 0 Å². The molecule has 2 nitrogen and oxygen atoms in total. The summed E-state index contributed by atoms with van der Waals surface area (Å²) in [5, 5.41) is 0. The summed E-state index contributed by atoms with van der Waals surface area (Å²) in [6.45, 7) is 6.16. The van der Waals surface area contributed by atoms with E-state index in [1.807, 2.05) is 0 Å². The Morgan fingerprint density at radius 2 is 0.833 bits per heavy atom. The van der Waals surface area contributed by atoms with Gasteiger partial charge in [0.15, 0.2) is 5.79 Å². The molecule has 0 aromatic heterocycles. The molecule has 0 atom stereocenters. The van der Waals surface area contributed by atoms with E-state index in [4.69, 9.17) is 9.47 Å². The Morgan fingerprint density at radius 1 is 0.500 bits per heavy atom. The van der Waals surface area contributed by atoms with Gasteiger partial charge in [0.25, 0.3) is 0 Å². The van der Waals surface area contributed by atoms with E-state index in [1.165, 1.54) is 96.3 Å². The Labute approximate surface area is 152 Å². The molecule has 24 heavy (non-hydrogen) atoms. The van der Waals surface area contributed by atoms with Gasteiger partial charge < -0.3 is 9.47 Å². The highest BCUT2D eigenvalue weighted by Crippen LogP contribution is 2.32. The normalized spacial score (nSPS) is 16.8. The maximum Gasteiger partial charge on any atom is 0.168 e. The molecular weight excluding hydrogens is 296 g/mol. The smallest absolute Gasteiger partial charge is 0.168 e. The van der Waals surface area contributed by atoms with E-state index in [1.54, 1.807) is 0 Å². The third-order valence-corrected chi connectivity index (χ3v) is 5.39. The molecule has 0 spiro atoms. The molecule has 1 saturated heterocycles. The second-order valence-corrected chi connectivity index (χ2v) is 7.70. The molecule has 0 amide bonds. The number of unbranched alkanes of at least 4 members (excludes halogenated alkanes) is 13. The maximum atomic E-state index is 6.01. The fraction of sp³-hybridized carbons (Fsp3) is 1.00. The van der Waals surface area contributed by atoms with E-state index in [2.05, 4.69) is 13.8 Å². The Bertz CT molecular complexity index is 259. The zero-order valence-corrected chi connectivity index (χ0v) is 16.8. The third kappa shape index (κ3) is 10.7. The second-order valence-electron chi connectivity index (χ2n) is 7.70. The highest BCUT2D eigenvalue weighted by Gasteiger charge is 2.34. The fourth-order valence-electron chi connectivity index (χ4n) is 3.79. The van der Waals surface area contributed by atoms with Crippen LogP contribution in [0, 0.1) is 0 Å². The summed E-state index contributed by atoms with van der Waals surface area (Å²) in [5.74, 6) is -0.216. The second kappa shape index (κ2) is 15.2. The van der Waals surface area contributed by atoms with Gasteiger partial charge in [0.05, 0.1) is 13.2 Å². The molecule has 0 saturated carbocycles. The molecule has 0 aliphatic carbocycles. The van der Waals surface area contributed by atoms with Crippen LogP contribution in [-0.4, -0.2) is 19.0 Å². The molecule has 0 radical (unpaired) electrons. The van der Waals surface area contributed by atoms with Crippen molar-refractivity contribution in [1.82, 2.24) is 0 Å². The minimum atomic E-state index is -0.216. The van der Waals surface area contributed by atoms with Crippen molar-refractivity contribution in [3.05, 3.63) is 0 Å². The monoisotopic (exact) mass is 340 g/mol. The van der Waals surface area contributed by atoms with Crippen molar-refractivity contribution in [1.29, 1.82) is 0 Å². The van der Waals surface area contributed by atoms with Crippen molar-refractivity contribution >= 4 is 0 Å². The van der Waals surface area contributed by atoms with Crippen LogP contribution in [0.15, 0.2) is 0 Å². The fourth-order valence-corrected chi connectivity index (χ4v) is 3.79. The highest BCUT2D eigenvalue weighted by molar-refractivity contribution is 4.74. The van der Waals surface area contributed by atoms with Gasteiger partial charge in [-0.2, -0.15) is 0 Å². The van der Waals surface area contributed by atoms with Crippen molar-refractivity contribution in [2.75, 3.05) is 13.2 Å². The van der Waals surface area contributed by atoms with Crippen LogP contribution in [0.25, 0.3) is 0 Å². The molecule has 2 heteroatoms. The van der Waals surface area contributed by atoms with Crippen molar-refractivity contribution in [2.45, 2.75) is 129 Å². The standard InChI is InChI=1S/C22H44O2/c1-3-5-7-9-10-11-12-13-15-17-19-22(23-20-21-24-22)18-16-14-8-6-4-2/h3-21H2,1-2H3. The summed E-state index contributed by atoms with van der Waals surface area (Å²) in [7, 11) is 0. The zero-order chi connectivity index (χ0) is 17.3. The SMILES string of the molecule is CCCCCCCCCCCCC1(CCCCCCC)OCCO1. The Hall–Kier alpha value is -0.0800. The van der Waals surface area contributed by atoms with Gasteiger partial charge in [-0.05, 0) is 12.8 Å². The summed E-state index contributed by atoms with van der Waals surface area (Å²) in [5.41, 5.74) is 0. The molecule has 0 bridgehead atoms. The first-order valence-corrected chi connectivity index (χ1v) is 11.1. The van der Waals surface area contributed by atoms with E-state index in [-0.39, 0.29) is 5.79 Å². The number of rotatable bonds is 17. The molecule has 1 rings (SSSR count). The lowest BCUT2D eigenvalue weighted by Gasteiger charge is -2.27. The average Bonchev–Trinajstić information content (AvgIpc) is 3.05. The summed E-state index contributed by atoms with van der Waals surface area (Å²) >= 11 is 0. The lowest BCUT2D eigenvalue weighted by atomic mass is 9.99. The van der Waals surface area contributed by atoms with Crippen LogP contribution in [-0.2, 0) is 9.47 Å². The molecule has 0 aromatic carbocycles. The van der Waals surface area contributed by atoms with E-state index in [0.29, 0.717) is 0 Å². The highest BCUT2D eigenvalue weighted by atomic mass is 16.7. The predicted molar refractivity (Wildman–Crippen MR) is 104 cm³/mol. The van der Waals surface area contributed by atoms with Gasteiger partial charge >= 0.3 is 0 Å². The summed E-state index contributed by atoms with van der Waals surface area (Å²) in [6.07, 6.45) is 22.8. The van der Waals surface area contributed by atoms with Gasteiger partial charge in [0.1, 0.15) is 0 Å². The van der Waals surface area contributed by atoms with Crippen LogP contribution in [0.3, 0.4) is 0 Å². The van der Waals surface area contributed by atoms with Gasteiger partial charge in [-0.1, -0.05) is 97.3 Å². The lowest BCUT2D eigenvalue weighted by Crippen LogP contribution is -2.30. The quantitative estimate of drug-likeness (QED) is 0.257. The van der Waals surface area contributed by atoms with Crippen LogP contribution in [0.5, 0.6) is 0 Å². The van der Waals surface area contributed by atoms with Crippen LogP contribution < -0.4 is 0 Å². The van der Waals surface area contributed by atoms with E-state index < -0.39 is 0 Å². The first-order valence-electron chi connectivity index (χ1n) is 11.1. The molecule has 1 fully saturated rings. The Balaban J connectivity index is 1.99. The van der Waals surface area contributed by atoms with Gasteiger partial charge in [0, 0.05) is 12.8 Å². The first kappa shape index (κ1) is 22.0. The largest absolute Gasteiger partial charge is 0.348 e. The van der Waals surface area contributed by atoms with Crippen LogP contribution >= 0.6 is 0 Å². The molecule has 0 aromatic rings. The van der Waals surface area contributed by atoms with Crippen molar-refractivity contribution in [3.8, 4) is 0 Å². The molecule has 1 aliphatic rings. The topological polar surface area (TPSA) is 18.5 Å². The minimum absolute atomic E-state index is 0.216. The Kier molecular flexibility index (Phi) is 13.9. The van der Waals surface area contributed by atoms with Gasteiger partial charge in [0.2, 0.25) is 0 Å². The zero-order valence-electron chi connectivity index (χ0n) is 16.8. The van der Waals surface area contributed by atoms with Crippen molar-refractivity contribution < 1.29 is 9.47 Å². The molecule has 0 N–H and O–H groups in total. The molecule has 0 unspecified atom stereocenters. The van der Waals surface area contributed by atoms with Crippen LogP contribution in [0.1, 0.15) is 123 Å². The van der Waals surface area contributed by atoms with E-state index >= 15 is 0 Å². The summed E-state index contributed by atoms with van der Waals surface area (Å²) < 4.78 is 12.0. The average molecular weight is 341 g/mol. The van der Waals surface area contributed by atoms with Gasteiger partial charge in [-0.3, -0.25) is 0 Å². The van der Waals surface area contributed by atoms with Gasteiger partial charge in [-0.25, -0.2) is 0 Å². The number of hydrogen-bond donors (Lipinski definition) is 0. The summed E-state index contributed by atoms with van der Waals surface area (Å²) in [6, 6.07) is 0. The number of hydrogen-bond acceptors (Lipinski definition) is 2. The lowest BCUT2D eigenvalue weighted by molar-refractivity contribution is -0.168. The maximum absolute atomic E-state index is 6.01. The van der Waals surface area contributed by atoms with Gasteiger partial charge in [-0.15, -0.1) is 0 Å². The molecule has 144 valence electrons. The van der Waals surface area contributed by atoms with Crippen LogP contribution in [0.4, 0.5) is 0 Å². The molecule has 1 aliphatic heterocycles. The summed E-state index contributed by atoms with van der Waals surface area (Å²) in [4.78, 5) is 0. The third-order valence-electron chi connectivity index (χ3n) is 5.39.